The van der Waals surface area contributed by atoms with Crippen LogP contribution in [0.3, 0.4) is 0 Å². The van der Waals surface area contributed by atoms with Crippen molar-refractivity contribution in [1.82, 2.24) is 10.3 Å². The van der Waals surface area contributed by atoms with Crippen LogP contribution < -0.4 is 24.8 Å². The van der Waals surface area contributed by atoms with Crippen molar-refractivity contribution in [3.8, 4) is 17.2 Å². The summed E-state index contributed by atoms with van der Waals surface area (Å²) in [6, 6.07) is 22.8. The Morgan fingerprint density at radius 3 is 2.52 bits per heavy atom. The number of nitrogens with zero attached hydrogens (tertiary/aromatic N) is 1. The standard InChI is InChI=1S/C26H23N3O4/c1-31-18-12-10-17(11-13-18)29-25-21-7-3-2-6-20(21)22(15-27-25)26(30)28-14-19-16-32-23-8-4-5-9-24(23)33-19/h2-13,15,19H,14,16H2,1H3,(H,27,29)(H,28,30). The van der Waals surface area contributed by atoms with Crippen LogP contribution >= 0.6 is 0 Å². The van der Waals surface area contributed by atoms with E-state index in [1.165, 1.54) is 0 Å². The Morgan fingerprint density at radius 1 is 1.00 bits per heavy atom. The highest BCUT2D eigenvalue weighted by Crippen LogP contribution is 2.31. The number of benzene rings is 3. The Morgan fingerprint density at radius 2 is 1.73 bits per heavy atom. The molecule has 1 amide bonds. The molecule has 4 aromatic rings. The highest BCUT2D eigenvalue weighted by molar-refractivity contribution is 6.09. The molecule has 7 nitrogen and oxygen atoms in total. The number of carbonyl (C=O) groups is 1. The number of methoxy groups -OCH3 is 1. The summed E-state index contributed by atoms with van der Waals surface area (Å²) < 4.78 is 16.9. The van der Waals surface area contributed by atoms with E-state index in [0.717, 1.165) is 28.0 Å². The van der Waals surface area contributed by atoms with E-state index in [-0.39, 0.29) is 12.0 Å². The summed E-state index contributed by atoms with van der Waals surface area (Å²) in [4.78, 5) is 17.5. The molecule has 1 aromatic heterocycles. The van der Waals surface area contributed by atoms with Crippen LogP contribution in [0.1, 0.15) is 10.4 Å². The van der Waals surface area contributed by atoms with Crippen LogP contribution in [0.15, 0.2) is 79.0 Å². The van der Waals surface area contributed by atoms with Crippen molar-refractivity contribution >= 4 is 28.2 Å². The molecule has 5 rings (SSSR count). The summed E-state index contributed by atoms with van der Waals surface area (Å²) in [5, 5.41) is 7.94. The molecule has 1 unspecified atom stereocenters. The number of ether oxygens (including phenoxy) is 3. The van der Waals surface area contributed by atoms with Crippen molar-refractivity contribution in [2.24, 2.45) is 0 Å². The number of hydrogen-bond acceptors (Lipinski definition) is 6. The first-order valence-corrected chi connectivity index (χ1v) is 10.7. The van der Waals surface area contributed by atoms with Crippen LogP contribution in [0, 0.1) is 0 Å². The van der Waals surface area contributed by atoms with Gasteiger partial charge in [0.05, 0.1) is 19.2 Å². The van der Waals surface area contributed by atoms with Gasteiger partial charge in [-0.05, 0) is 41.8 Å². The average molecular weight is 441 g/mol. The summed E-state index contributed by atoms with van der Waals surface area (Å²) in [5.74, 6) is 2.64. The lowest BCUT2D eigenvalue weighted by atomic mass is 10.1. The lowest BCUT2D eigenvalue weighted by Gasteiger charge is -2.26. The smallest absolute Gasteiger partial charge is 0.253 e. The van der Waals surface area contributed by atoms with E-state index in [1.54, 1.807) is 13.3 Å². The number of aromatic nitrogens is 1. The fraction of sp³-hybridized carbons (Fsp3) is 0.154. The van der Waals surface area contributed by atoms with Crippen molar-refractivity contribution in [1.29, 1.82) is 0 Å². The second-order valence-electron chi connectivity index (χ2n) is 7.63. The molecule has 1 aliphatic rings. The van der Waals surface area contributed by atoms with Crippen molar-refractivity contribution in [2.75, 3.05) is 25.6 Å². The quantitative estimate of drug-likeness (QED) is 0.457. The van der Waals surface area contributed by atoms with Gasteiger partial charge in [0.15, 0.2) is 11.5 Å². The molecule has 2 N–H and O–H groups in total. The summed E-state index contributed by atoms with van der Waals surface area (Å²) in [5.41, 5.74) is 1.38. The van der Waals surface area contributed by atoms with Gasteiger partial charge in [-0.3, -0.25) is 4.79 Å². The summed E-state index contributed by atoms with van der Waals surface area (Å²) in [6.45, 7) is 0.703. The zero-order valence-corrected chi connectivity index (χ0v) is 18.1. The molecule has 1 atom stereocenters. The van der Waals surface area contributed by atoms with Crippen LogP contribution in [0.2, 0.25) is 0 Å². The first kappa shape index (κ1) is 20.6. The lowest BCUT2D eigenvalue weighted by molar-refractivity contribution is 0.0790. The minimum absolute atomic E-state index is 0.211. The molecule has 166 valence electrons. The zero-order valence-electron chi connectivity index (χ0n) is 18.1. The second kappa shape index (κ2) is 9.08. The number of para-hydroxylation sites is 2. The number of fused-ring (bicyclic) bond motifs is 2. The lowest BCUT2D eigenvalue weighted by Crippen LogP contribution is -2.40. The third-order valence-corrected chi connectivity index (χ3v) is 5.45. The molecule has 1 aliphatic heterocycles. The first-order chi connectivity index (χ1) is 16.2. The van der Waals surface area contributed by atoms with Crippen LogP contribution in [0.5, 0.6) is 17.2 Å². The maximum absolute atomic E-state index is 13.0. The molecule has 0 bridgehead atoms. The second-order valence-corrected chi connectivity index (χ2v) is 7.63. The number of carbonyl (C=O) groups excluding carboxylic acids is 1. The summed E-state index contributed by atoms with van der Waals surface area (Å²) in [7, 11) is 1.63. The minimum Gasteiger partial charge on any atom is -0.497 e. The molecule has 0 aliphatic carbocycles. The number of rotatable bonds is 6. The predicted octanol–water partition coefficient (Wildman–Crippen LogP) is 4.56. The predicted molar refractivity (Wildman–Crippen MR) is 127 cm³/mol. The molecular formula is C26H23N3O4. The topological polar surface area (TPSA) is 81.7 Å². The fourth-order valence-electron chi connectivity index (χ4n) is 3.75. The van der Waals surface area contributed by atoms with E-state index in [1.807, 2.05) is 72.8 Å². The maximum Gasteiger partial charge on any atom is 0.253 e. The molecule has 3 aromatic carbocycles. The van der Waals surface area contributed by atoms with E-state index >= 15 is 0 Å². The molecule has 0 fully saturated rings. The first-order valence-electron chi connectivity index (χ1n) is 10.7. The molecule has 0 spiro atoms. The Kier molecular flexibility index (Phi) is 5.68. The number of pyridine rings is 1. The van der Waals surface area contributed by atoms with Gasteiger partial charge in [-0.1, -0.05) is 36.4 Å². The van der Waals surface area contributed by atoms with Gasteiger partial charge < -0.3 is 24.8 Å². The van der Waals surface area contributed by atoms with Crippen molar-refractivity contribution < 1.29 is 19.0 Å². The Balaban J connectivity index is 1.32. The van der Waals surface area contributed by atoms with Crippen LogP contribution in [-0.2, 0) is 0 Å². The van der Waals surface area contributed by atoms with E-state index < -0.39 is 0 Å². The van der Waals surface area contributed by atoms with Gasteiger partial charge in [-0.2, -0.15) is 0 Å². The Bertz CT molecular complexity index is 1290. The summed E-state index contributed by atoms with van der Waals surface area (Å²) >= 11 is 0. The molecule has 0 radical (unpaired) electrons. The molecule has 7 heteroatoms. The van der Waals surface area contributed by atoms with Gasteiger partial charge >= 0.3 is 0 Å². The summed E-state index contributed by atoms with van der Waals surface area (Å²) in [6.07, 6.45) is 1.33. The van der Waals surface area contributed by atoms with Gasteiger partial charge in [0.2, 0.25) is 0 Å². The number of amides is 1. The third-order valence-electron chi connectivity index (χ3n) is 5.45. The molecule has 2 heterocycles. The van der Waals surface area contributed by atoms with E-state index in [4.69, 9.17) is 14.2 Å². The largest absolute Gasteiger partial charge is 0.497 e. The molecule has 0 saturated heterocycles. The fourth-order valence-corrected chi connectivity index (χ4v) is 3.75. The van der Waals surface area contributed by atoms with Gasteiger partial charge in [0.1, 0.15) is 24.3 Å². The molecule has 33 heavy (non-hydrogen) atoms. The van der Waals surface area contributed by atoms with Gasteiger partial charge in [0.25, 0.3) is 5.91 Å². The average Bonchev–Trinajstić information content (AvgIpc) is 2.88. The maximum atomic E-state index is 13.0. The van der Waals surface area contributed by atoms with Gasteiger partial charge in [-0.25, -0.2) is 4.98 Å². The highest BCUT2D eigenvalue weighted by Gasteiger charge is 2.22. The van der Waals surface area contributed by atoms with Crippen LogP contribution in [-0.4, -0.2) is 37.3 Å². The van der Waals surface area contributed by atoms with Crippen molar-refractivity contribution in [3.05, 3.63) is 84.6 Å². The molecular weight excluding hydrogens is 418 g/mol. The van der Waals surface area contributed by atoms with Crippen molar-refractivity contribution in [3.63, 3.8) is 0 Å². The normalized spacial score (nSPS) is 14.5. The van der Waals surface area contributed by atoms with Gasteiger partial charge in [0, 0.05) is 17.3 Å². The molecule has 0 saturated carbocycles. The number of anilines is 2. The monoisotopic (exact) mass is 441 g/mol. The van der Waals surface area contributed by atoms with Crippen molar-refractivity contribution in [2.45, 2.75) is 6.10 Å². The van der Waals surface area contributed by atoms with E-state index in [9.17, 15) is 4.79 Å². The van der Waals surface area contributed by atoms with E-state index in [2.05, 4.69) is 15.6 Å². The van der Waals surface area contributed by atoms with Crippen LogP contribution in [0.4, 0.5) is 11.5 Å². The SMILES string of the molecule is COc1ccc(Nc2ncc(C(=O)NCC3COc4ccccc4O3)c3ccccc23)cc1. The van der Waals surface area contributed by atoms with Crippen LogP contribution in [0.25, 0.3) is 10.8 Å². The van der Waals surface area contributed by atoms with E-state index in [0.29, 0.717) is 30.3 Å². The number of nitrogens with one attached hydrogen (secondary N) is 2. The Hall–Kier alpha value is -4.26. The highest BCUT2D eigenvalue weighted by atomic mass is 16.6. The minimum atomic E-state index is -0.265. The number of hydrogen-bond donors (Lipinski definition) is 2. The third kappa shape index (κ3) is 4.39. The van der Waals surface area contributed by atoms with Gasteiger partial charge in [-0.15, -0.1) is 0 Å². The zero-order chi connectivity index (χ0) is 22.6. The Labute approximate surface area is 191 Å².